The van der Waals surface area contributed by atoms with E-state index in [1.54, 1.807) is 36.4 Å². The van der Waals surface area contributed by atoms with Crippen LogP contribution in [0.4, 0.5) is 9.18 Å². The number of carboxylic acid groups (broad SMARTS) is 1. The number of carbonyl (C=O) groups excluding carboxylic acids is 2. The first kappa shape index (κ1) is 18.1. The van der Waals surface area contributed by atoms with Crippen LogP contribution in [0.1, 0.15) is 11.1 Å². The highest BCUT2D eigenvalue weighted by Crippen LogP contribution is 2.18. The molecule has 0 atom stereocenters. The van der Waals surface area contributed by atoms with Gasteiger partial charge in [0.25, 0.3) is 5.91 Å². The number of urea groups is 1. The molecule has 1 aliphatic heterocycles. The molecule has 0 radical (unpaired) electrons. The largest absolute Gasteiger partial charge is 0.489 e. The van der Waals surface area contributed by atoms with Crippen molar-refractivity contribution in [1.82, 2.24) is 10.2 Å². The molecule has 2 aromatic rings. The second kappa shape index (κ2) is 7.69. The average molecular weight is 370 g/mol. The van der Waals surface area contributed by atoms with Crippen LogP contribution < -0.4 is 10.1 Å². The van der Waals surface area contributed by atoms with Gasteiger partial charge in [-0.15, -0.1) is 0 Å². The normalized spacial score (nSPS) is 15.1. The molecule has 0 aromatic heterocycles. The van der Waals surface area contributed by atoms with Crippen molar-refractivity contribution in [2.45, 2.75) is 6.61 Å². The van der Waals surface area contributed by atoms with E-state index in [-0.39, 0.29) is 18.1 Å². The smallest absolute Gasteiger partial charge is 0.329 e. The Bertz CT molecular complexity index is 907. The van der Waals surface area contributed by atoms with Crippen molar-refractivity contribution in [2.24, 2.45) is 0 Å². The Hall–Kier alpha value is -3.68. The lowest BCUT2D eigenvalue weighted by atomic mass is 10.2. The molecule has 1 aliphatic rings. The summed E-state index contributed by atoms with van der Waals surface area (Å²) in [6.07, 6.45) is 1.45. The standard InChI is InChI=1S/C19H15FN2O5/c20-14-5-1-13(2-6-14)11-27-15-7-3-12(4-8-15)9-16-18(25)22(10-17(23)24)19(26)21-16/h1-9H,10-11H2,(H,21,26)(H,23,24)/b16-9+. The molecule has 0 bridgehead atoms. The van der Waals surface area contributed by atoms with Gasteiger partial charge in [-0.2, -0.15) is 0 Å². The summed E-state index contributed by atoms with van der Waals surface area (Å²) in [5, 5.41) is 11.1. The van der Waals surface area contributed by atoms with Crippen LogP contribution in [-0.4, -0.2) is 34.5 Å². The number of benzene rings is 2. The van der Waals surface area contributed by atoms with Gasteiger partial charge in [-0.3, -0.25) is 9.59 Å². The van der Waals surface area contributed by atoms with Crippen molar-refractivity contribution in [3.05, 3.63) is 71.2 Å². The summed E-state index contributed by atoms with van der Waals surface area (Å²) in [5.74, 6) is -1.70. The average Bonchev–Trinajstić information content (AvgIpc) is 2.89. The van der Waals surface area contributed by atoms with Crippen LogP contribution in [-0.2, 0) is 16.2 Å². The number of hydrogen-bond donors (Lipinski definition) is 2. The number of halogens is 1. The van der Waals surface area contributed by atoms with Crippen LogP contribution in [0, 0.1) is 5.82 Å². The van der Waals surface area contributed by atoms with Gasteiger partial charge >= 0.3 is 12.0 Å². The number of aliphatic carboxylic acids is 1. The first-order chi connectivity index (χ1) is 12.9. The molecule has 2 aromatic carbocycles. The maximum Gasteiger partial charge on any atom is 0.329 e. The number of ether oxygens (including phenoxy) is 1. The van der Waals surface area contributed by atoms with Crippen molar-refractivity contribution >= 4 is 24.0 Å². The Morgan fingerprint density at radius 1 is 1.11 bits per heavy atom. The quantitative estimate of drug-likeness (QED) is 0.601. The highest BCUT2D eigenvalue weighted by atomic mass is 19.1. The highest BCUT2D eigenvalue weighted by Gasteiger charge is 2.34. The zero-order chi connectivity index (χ0) is 19.4. The second-order valence-corrected chi connectivity index (χ2v) is 5.76. The maximum atomic E-state index is 12.9. The van der Waals surface area contributed by atoms with Crippen molar-refractivity contribution < 1.29 is 28.6 Å². The fourth-order valence-electron chi connectivity index (χ4n) is 2.42. The van der Waals surface area contributed by atoms with Gasteiger partial charge in [0, 0.05) is 0 Å². The van der Waals surface area contributed by atoms with Crippen LogP contribution in [0.15, 0.2) is 54.2 Å². The highest BCUT2D eigenvalue weighted by molar-refractivity contribution is 6.15. The van der Waals surface area contributed by atoms with Crippen LogP contribution in [0.2, 0.25) is 0 Å². The molecule has 8 heteroatoms. The van der Waals surface area contributed by atoms with E-state index in [4.69, 9.17) is 9.84 Å². The van der Waals surface area contributed by atoms with E-state index in [9.17, 15) is 18.8 Å². The van der Waals surface area contributed by atoms with E-state index in [0.717, 1.165) is 5.56 Å². The summed E-state index contributed by atoms with van der Waals surface area (Å²) < 4.78 is 18.5. The molecule has 1 saturated heterocycles. The molecule has 0 saturated carbocycles. The summed E-state index contributed by atoms with van der Waals surface area (Å²) >= 11 is 0. The molecule has 0 unspecified atom stereocenters. The van der Waals surface area contributed by atoms with E-state index in [1.807, 2.05) is 0 Å². The van der Waals surface area contributed by atoms with E-state index in [0.29, 0.717) is 16.2 Å². The third-order valence-electron chi connectivity index (χ3n) is 3.77. The minimum absolute atomic E-state index is 0.00114. The summed E-state index contributed by atoms with van der Waals surface area (Å²) in [6, 6.07) is 11.9. The topological polar surface area (TPSA) is 95.9 Å². The van der Waals surface area contributed by atoms with E-state index < -0.39 is 24.5 Å². The van der Waals surface area contributed by atoms with Crippen molar-refractivity contribution in [1.29, 1.82) is 0 Å². The zero-order valence-electron chi connectivity index (χ0n) is 14.0. The van der Waals surface area contributed by atoms with Gasteiger partial charge in [0.2, 0.25) is 0 Å². The Labute approximate surface area is 153 Å². The monoisotopic (exact) mass is 370 g/mol. The van der Waals surface area contributed by atoms with Crippen LogP contribution in [0.25, 0.3) is 6.08 Å². The molecule has 27 heavy (non-hydrogen) atoms. The maximum absolute atomic E-state index is 12.9. The van der Waals surface area contributed by atoms with Crippen LogP contribution in [0.5, 0.6) is 5.75 Å². The summed E-state index contributed by atoms with van der Waals surface area (Å²) in [5.41, 5.74) is 1.45. The van der Waals surface area contributed by atoms with Crippen molar-refractivity contribution in [3.63, 3.8) is 0 Å². The lowest BCUT2D eigenvalue weighted by Crippen LogP contribution is -2.35. The number of rotatable bonds is 6. The van der Waals surface area contributed by atoms with Gasteiger partial charge in [0.05, 0.1) is 0 Å². The first-order valence-corrected chi connectivity index (χ1v) is 7.96. The Morgan fingerprint density at radius 3 is 2.41 bits per heavy atom. The Morgan fingerprint density at radius 2 is 1.78 bits per heavy atom. The molecule has 0 aliphatic carbocycles. The molecule has 0 spiro atoms. The SMILES string of the molecule is O=C(O)CN1C(=O)N/C(=C/c2ccc(OCc3ccc(F)cc3)cc2)C1=O. The molecular weight excluding hydrogens is 355 g/mol. The first-order valence-electron chi connectivity index (χ1n) is 7.96. The number of nitrogens with zero attached hydrogens (tertiary/aromatic N) is 1. The molecule has 3 amide bonds. The molecule has 7 nitrogen and oxygen atoms in total. The summed E-state index contributed by atoms with van der Waals surface area (Å²) in [7, 11) is 0. The fourth-order valence-corrected chi connectivity index (χ4v) is 2.42. The van der Waals surface area contributed by atoms with Crippen molar-refractivity contribution in [3.8, 4) is 5.75 Å². The number of nitrogens with one attached hydrogen (secondary N) is 1. The number of carboxylic acids is 1. The van der Waals surface area contributed by atoms with Crippen molar-refractivity contribution in [2.75, 3.05) is 6.54 Å². The number of imide groups is 1. The third-order valence-corrected chi connectivity index (χ3v) is 3.77. The van der Waals surface area contributed by atoms with Gasteiger partial charge in [0.15, 0.2) is 0 Å². The van der Waals surface area contributed by atoms with Gasteiger partial charge in [-0.05, 0) is 41.5 Å². The summed E-state index contributed by atoms with van der Waals surface area (Å²) in [6.45, 7) is -0.419. The minimum atomic E-state index is -1.28. The molecular formula is C19H15FN2O5. The zero-order valence-corrected chi connectivity index (χ0v) is 14.0. The molecule has 2 N–H and O–H groups in total. The van der Waals surface area contributed by atoms with E-state index >= 15 is 0 Å². The number of amides is 3. The lowest BCUT2D eigenvalue weighted by molar-refractivity contribution is -0.140. The lowest BCUT2D eigenvalue weighted by Gasteiger charge is -2.07. The van der Waals surface area contributed by atoms with Crippen LogP contribution in [0.3, 0.4) is 0 Å². The molecule has 1 fully saturated rings. The molecule has 3 rings (SSSR count). The van der Waals surface area contributed by atoms with E-state index in [2.05, 4.69) is 5.32 Å². The number of carbonyl (C=O) groups is 3. The van der Waals surface area contributed by atoms with Crippen LogP contribution >= 0.6 is 0 Å². The van der Waals surface area contributed by atoms with Gasteiger partial charge < -0.3 is 15.2 Å². The predicted octanol–water partition coefficient (Wildman–Crippen LogP) is 2.38. The minimum Gasteiger partial charge on any atom is -0.489 e. The second-order valence-electron chi connectivity index (χ2n) is 5.76. The Kier molecular flexibility index (Phi) is 5.16. The molecule has 138 valence electrons. The van der Waals surface area contributed by atoms with Gasteiger partial charge in [0.1, 0.15) is 30.4 Å². The van der Waals surface area contributed by atoms with Gasteiger partial charge in [-0.1, -0.05) is 24.3 Å². The summed E-state index contributed by atoms with van der Waals surface area (Å²) in [4.78, 5) is 35.1. The fraction of sp³-hybridized carbons (Fsp3) is 0.105. The molecule has 1 heterocycles. The predicted molar refractivity (Wildman–Crippen MR) is 93.0 cm³/mol. The third kappa shape index (κ3) is 4.49. The number of hydrogen-bond acceptors (Lipinski definition) is 4. The van der Waals surface area contributed by atoms with Gasteiger partial charge in [-0.25, -0.2) is 14.1 Å². The van der Waals surface area contributed by atoms with E-state index in [1.165, 1.54) is 18.2 Å². The Balaban J connectivity index is 1.64.